The lowest BCUT2D eigenvalue weighted by Crippen LogP contribution is -2.43. The zero-order valence-corrected chi connectivity index (χ0v) is 19.9. The first-order valence-corrected chi connectivity index (χ1v) is 13.3. The topological polar surface area (TPSA) is 78.3 Å². The molecule has 0 amide bonds. The van der Waals surface area contributed by atoms with Crippen LogP contribution in [-0.4, -0.2) is 37.3 Å². The van der Waals surface area contributed by atoms with Crippen molar-refractivity contribution in [2.75, 3.05) is 13.1 Å². The van der Waals surface area contributed by atoms with Gasteiger partial charge in [-0.1, -0.05) is 24.6 Å². The van der Waals surface area contributed by atoms with E-state index in [1.165, 1.54) is 23.6 Å². The minimum Gasteiger partial charge on any atom is -0.301 e. The first-order valence-electron chi connectivity index (χ1n) is 11.8. The fourth-order valence-corrected chi connectivity index (χ4v) is 8.10. The van der Waals surface area contributed by atoms with Crippen molar-refractivity contribution in [3.8, 4) is 0 Å². The average Bonchev–Trinajstić information content (AvgIpc) is 2.71. The number of piperidine rings is 1. The fraction of sp³-hybridized carbons (Fsp3) is 0.680. The third-order valence-electron chi connectivity index (χ3n) is 7.82. The molecule has 1 N–H and O–H groups in total. The molecular formula is C25H36N2O3S. The lowest BCUT2D eigenvalue weighted by atomic mass is 9.63. The van der Waals surface area contributed by atoms with E-state index in [9.17, 15) is 13.2 Å². The molecule has 3 fully saturated rings. The van der Waals surface area contributed by atoms with E-state index in [0.29, 0.717) is 48.4 Å². The van der Waals surface area contributed by atoms with Gasteiger partial charge in [0.15, 0.2) is 5.78 Å². The van der Waals surface area contributed by atoms with Crippen LogP contribution in [0.5, 0.6) is 0 Å². The van der Waals surface area contributed by atoms with Gasteiger partial charge in [0.2, 0.25) is 10.0 Å². The van der Waals surface area contributed by atoms with Crippen LogP contribution in [0.1, 0.15) is 63.0 Å². The zero-order chi connectivity index (χ0) is 22.3. The summed E-state index contributed by atoms with van der Waals surface area (Å²) in [7, 11) is -3.55. The number of nitrogens with zero attached hydrogens (tertiary/aromatic N) is 1. The number of nitrogens with one attached hydrogen (secondary N) is 1. The Morgan fingerprint density at radius 2 is 1.58 bits per heavy atom. The second-order valence-electron chi connectivity index (χ2n) is 10.4. The minimum absolute atomic E-state index is 0.0263. The molecular weight excluding hydrogens is 408 g/mol. The van der Waals surface area contributed by atoms with E-state index in [4.69, 9.17) is 5.41 Å². The molecule has 2 atom stereocenters. The smallest absolute Gasteiger partial charge is 0.243 e. The summed E-state index contributed by atoms with van der Waals surface area (Å²) >= 11 is 0. The Kier molecular flexibility index (Phi) is 6.42. The third kappa shape index (κ3) is 4.65. The molecule has 170 valence electrons. The molecule has 5 nitrogen and oxygen atoms in total. The highest BCUT2D eigenvalue weighted by molar-refractivity contribution is 7.89. The zero-order valence-electron chi connectivity index (χ0n) is 19.1. The number of hydrogen-bond acceptors (Lipinski definition) is 4. The predicted octanol–water partition coefficient (Wildman–Crippen LogP) is 4.76. The van der Waals surface area contributed by atoms with Crippen LogP contribution in [0.4, 0.5) is 0 Å². The molecule has 0 spiro atoms. The summed E-state index contributed by atoms with van der Waals surface area (Å²) < 4.78 is 27.7. The summed E-state index contributed by atoms with van der Waals surface area (Å²) in [6, 6.07) is 5.41. The van der Waals surface area contributed by atoms with E-state index in [0.717, 1.165) is 29.9 Å². The summed E-state index contributed by atoms with van der Waals surface area (Å²) in [5.74, 6) is 2.00. The van der Waals surface area contributed by atoms with Crippen LogP contribution in [0.25, 0.3) is 0 Å². The summed E-state index contributed by atoms with van der Waals surface area (Å²) in [6.45, 7) is 6.82. The molecule has 4 rings (SSSR count). The van der Waals surface area contributed by atoms with Gasteiger partial charge >= 0.3 is 0 Å². The van der Waals surface area contributed by atoms with Gasteiger partial charge in [0.1, 0.15) is 0 Å². The van der Waals surface area contributed by atoms with Gasteiger partial charge in [0, 0.05) is 24.9 Å². The Labute approximate surface area is 187 Å². The fourth-order valence-electron chi connectivity index (χ4n) is 6.43. The lowest BCUT2D eigenvalue weighted by Gasteiger charge is -2.42. The van der Waals surface area contributed by atoms with Gasteiger partial charge in [-0.15, -0.1) is 0 Å². The second kappa shape index (κ2) is 8.78. The number of fused-ring (bicyclic) bond motifs is 2. The van der Waals surface area contributed by atoms with Crippen LogP contribution in [0.2, 0.25) is 0 Å². The first kappa shape index (κ1) is 22.7. The quantitative estimate of drug-likeness (QED) is 0.665. The molecule has 1 saturated heterocycles. The predicted molar refractivity (Wildman–Crippen MR) is 123 cm³/mol. The molecule has 2 unspecified atom stereocenters. The summed E-state index contributed by atoms with van der Waals surface area (Å²) in [4.78, 5) is 13.5. The number of aryl methyl sites for hydroxylation is 2. The lowest BCUT2D eigenvalue weighted by molar-refractivity contribution is -0.118. The largest absolute Gasteiger partial charge is 0.301 e. The van der Waals surface area contributed by atoms with Crippen LogP contribution >= 0.6 is 0 Å². The van der Waals surface area contributed by atoms with Crippen molar-refractivity contribution in [2.45, 2.75) is 70.6 Å². The summed E-state index contributed by atoms with van der Waals surface area (Å²) in [6.07, 6.45) is 6.77. The Balaban J connectivity index is 1.37. The molecule has 2 bridgehead atoms. The Morgan fingerprint density at radius 1 is 0.968 bits per heavy atom. The first-order chi connectivity index (χ1) is 14.6. The number of sulfonamides is 1. The van der Waals surface area contributed by atoms with E-state index in [1.807, 2.05) is 26.0 Å². The van der Waals surface area contributed by atoms with Crippen LogP contribution in [0.15, 0.2) is 23.1 Å². The number of benzene rings is 1. The van der Waals surface area contributed by atoms with E-state index < -0.39 is 10.0 Å². The maximum absolute atomic E-state index is 13.1. The maximum atomic E-state index is 13.1. The number of Topliss-reactive ketones (excluding diaryl/α,β-unsaturated/α-hetero) is 1. The van der Waals surface area contributed by atoms with Gasteiger partial charge in [-0.05, 0) is 88.2 Å². The molecule has 1 aromatic carbocycles. The van der Waals surface area contributed by atoms with E-state index in [2.05, 4.69) is 6.92 Å². The molecule has 0 aromatic heterocycles. The number of hydrogen-bond donors (Lipinski definition) is 1. The van der Waals surface area contributed by atoms with Gasteiger partial charge < -0.3 is 5.41 Å². The van der Waals surface area contributed by atoms with Crippen molar-refractivity contribution in [3.63, 3.8) is 0 Å². The van der Waals surface area contributed by atoms with Gasteiger partial charge in [-0.2, -0.15) is 4.31 Å². The van der Waals surface area contributed by atoms with Crippen molar-refractivity contribution >= 4 is 21.5 Å². The second-order valence-corrected chi connectivity index (χ2v) is 12.3. The standard InChI is InChI=1S/C25H36N2O3S/c1-16-4-5-23(18(3)10-16)31(29,30)27-8-6-21(7-9-27)25(28)24(26)22-14-19-11-17(2)12-20(13-19)15-22/h4-5,10,17,19-22,26H,6-9,11-15H2,1-3H3. The molecule has 31 heavy (non-hydrogen) atoms. The number of rotatable bonds is 5. The van der Waals surface area contributed by atoms with Crippen LogP contribution in [0.3, 0.4) is 0 Å². The molecule has 0 radical (unpaired) electrons. The van der Waals surface area contributed by atoms with Crippen molar-refractivity contribution < 1.29 is 13.2 Å². The summed E-state index contributed by atoms with van der Waals surface area (Å²) in [5, 5.41) is 8.63. The van der Waals surface area contributed by atoms with Crippen LogP contribution in [0, 0.1) is 48.8 Å². The van der Waals surface area contributed by atoms with Crippen molar-refractivity contribution in [1.82, 2.24) is 4.31 Å². The highest BCUT2D eigenvalue weighted by Gasteiger charge is 2.40. The molecule has 1 heterocycles. The molecule has 2 aliphatic carbocycles. The molecule has 1 aromatic rings. The Hall–Kier alpha value is -1.53. The molecule has 6 heteroatoms. The van der Waals surface area contributed by atoms with Crippen molar-refractivity contribution in [2.24, 2.45) is 29.6 Å². The van der Waals surface area contributed by atoms with Crippen molar-refractivity contribution in [3.05, 3.63) is 29.3 Å². The van der Waals surface area contributed by atoms with E-state index >= 15 is 0 Å². The number of carbonyl (C=O) groups excluding carboxylic acids is 1. The highest BCUT2D eigenvalue weighted by Crippen LogP contribution is 2.45. The average molecular weight is 445 g/mol. The SMILES string of the molecule is Cc1ccc(S(=O)(=O)N2CCC(C(=O)C(=N)C3CC4CC(C)CC(C4)C3)CC2)c(C)c1. The van der Waals surface area contributed by atoms with E-state index in [1.54, 1.807) is 6.07 Å². The number of ketones is 1. The monoisotopic (exact) mass is 444 g/mol. The highest BCUT2D eigenvalue weighted by atomic mass is 32.2. The van der Waals surface area contributed by atoms with Gasteiger partial charge in [-0.25, -0.2) is 8.42 Å². The van der Waals surface area contributed by atoms with E-state index in [-0.39, 0.29) is 17.6 Å². The molecule has 1 aliphatic heterocycles. The molecule has 3 aliphatic rings. The summed E-state index contributed by atoms with van der Waals surface area (Å²) in [5.41, 5.74) is 2.12. The van der Waals surface area contributed by atoms with Gasteiger partial charge in [0.25, 0.3) is 0 Å². The Morgan fingerprint density at radius 3 is 2.16 bits per heavy atom. The van der Waals surface area contributed by atoms with Crippen molar-refractivity contribution in [1.29, 1.82) is 5.41 Å². The number of carbonyl (C=O) groups is 1. The van der Waals surface area contributed by atoms with Crippen LogP contribution < -0.4 is 0 Å². The minimum atomic E-state index is -3.55. The third-order valence-corrected chi connectivity index (χ3v) is 9.88. The Bertz CT molecular complexity index is 945. The maximum Gasteiger partial charge on any atom is 0.243 e. The normalized spacial score (nSPS) is 30.2. The molecule has 2 saturated carbocycles. The van der Waals surface area contributed by atoms with Gasteiger partial charge in [0.05, 0.1) is 10.6 Å². The van der Waals surface area contributed by atoms with Crippen LogP contribution in [-0.2, 0) is 14.8 Å². The van der Waals surface area contributed by atoms with Gasteiger partial charge in [-0.3, -0.25) is 4.79 Å².